The summed E-state index contributed by atoms with van der Waals surface area (Å²) >= 11 is 11.1. The molecule has 0 aromatic heterocycles. The second-order valence-electron chi connectivity index (χ2n) is 2.81. The van der Waals surface area contributed by atoms with Crippen LogP contribution in [0.1, 0.15) is 32.6 Å². The third-order valence-electron chi connectivity index (χ3n) is 1.54. The van der Waals surface area contributed by atoms with Crippen molar-refractivity contribution in [2.75, 3.05) is 0 Å². The lowest BCUT2D eigenvalue weighted by Gasteiger charge is -1.99. The molecule has 0 rings (SSSR count). The van der Waals surface area contributed by atoms with E-state index in [2.05, 4.69) is 6.08 Å². The Morgan fingerprint density at radius 3 is 2.58 bits per heavy atom. The summed E-state index contributed by atoms with van der Waals surface area (Å²) in [6, 6.07) is 0. The Balaban J connectivity index is 3.10. The highest BCUT2D eigenvalue weighted by molar-refractivity contribution is 6.25. The fourth-order valence-electron chi connectivity index (χ4n) is 0.905. The minimum atomic E-state index is 0.316. The highest BCUT2D eigenvalue weighted by Crippen LogP contribution is 2.08. The molecule has 1 atom stereocenters. The van der Waals surface area contributed by atoms with Gasteiger partial charge in [-0.3, -0.25) is 0 Å². The van der Waals surface area contributed by atoms with Gasteiger partial charge in [-0.25, -0.2) is 0 Å². The molecule has 0 aliphatic carbocycles. The van der Waals surface area contributed by atoms with Crippen LogP contribution in [0, 0.1) is 0 Å². The largest absolute Gasteiger partial charge is 0.123 e. The molecule has 1 unspecified atom stereocenters. The molecule has 0 saturated heterocycles. The molecule has 0 aromatic rings. The summed E-state index contributed by atoms with van der Waals surface area (Å²) < 4.78 is 0. The summed E-state index contributed by atoms with van der Waals surface area (Å²) in [5.74, 6) is 0. The van der Waals surface area contributed by atoms with E-state index < -0.39 is 0 Å². The molecule has 0 aliphatic rings. The van der Waals surface area contributed by atoms with Crippen LogP contribution in [0.5, 0.6) is 0 Å². The minimum Gasteiger partial charge on any atom is -0.123 e. The van der Waals surface area contributed by atoms with E-state index in [1.807, 2.05) is 19.1 Å². The van der Waals surface area contributed by atoms with Crippen molar-refractivity contribution in [3.63, 3.8) is 0 Å². The third kappa shape index (κ3) is 10.1. The molecule has 0 fully saturated rings. The number of hydrogen-bond acceptors (Lipinski definition) is 0. The van der Waals surface area contributed by atoms with E-state index in [-0.39, 0.29) is 0 Å². The zero-order valence-corrected chi connectivity index (χ0v) is 8.98. The van der Waals surface area contributed by atoms with Crippen molar-refractivity contribution >= 4 is 23.2 Å². The van der Waals surface area contributed by atoms with Gasteiger partial charge in [-0.2, -0.15) is 0 Å². The first-order valence-electron chi connectivity index (χ1n) is 4.33. The molecule has 12 heavy (non-hydrogen) atoms. The van der Waals surface area contributed by atoms with Gasteiger partial charge in [-0.05, 0) is 26.2 Å². The van der Waals surface area contributed by atoms with Crippen molar-refractivity contribution in [2.45, 2.75) is 38.0 Å². The van der Waals surface area contributed by atoms with Crippen LogP contribution in [0.4, 0.5) is 0 Å². The summed E-state index contributed by atoms with van der Waals surface area (Å²) in [7, 11) is 0. The topological polar surface area (TPSA) is 0 Å². The van der Waals surface area contributed by atoms with Crippen LogP contribution in [-0.4, -0.2) is 5.38 Å². The van der Waals surface area contributed by atoms with Crippen molar-refractivity contribution < 1.29 is 0 Å². The van der Waals surface area contributed by atoms with Crippen molar-refractivity contribution in [2.24, 2.45) is 0 Å². The average Bonchev–Trinajstić information content (AvgIpc) is 2.02. The molecule has 0 aliphatic heterocycles. The van der Waals surface area contributed by atoms with Gasteiger partial charge in [0.2, 0.25) is 0 Å². The van der Waals surface area contributed by atoms with E-state index in [4.69, 9.17) is 23.2 Å². The van der Waals surface area contributed by atoms with Gasteiger partial charge < -0.3 is 0 Å². The maximum absolute atomic E-state index is 5.79. The van der Waals surface area contributed by atoms with Gasteiger partial charge in [0.1, 0.15) is 0 Å². The standard InChI is InChI=1S/C10H16Cl2/c1-10(12)8-6-4-2-3-5-7-9-11/h3,5,7,9-10H,2,4,6,8H2,1H3. The van der Waals surface area contributed by atoms with Crippen LogP contribution < -0.4 is 0 Å². The van der Waals surface area contributed by atoms with Gasteiger partial charge >= 0.3 is 0 Å². The van der Waals surface area contributed by atoms with E-state index in [0.29, 0.717) is 5.38 Å². The van der Waals surface area contributed by atoms with Crippen LogP contribution in [0.3, 0.4) is 0 Å². The number of hydrogen-bond donors (Lipinski definition) is 0. The molecular weight excluding hydrogens is 191 g/mol. The van der Waals surface area contributed by atoms with Gasteiger partial charge in [-0.15, -0.1) is 11.6 Å². The van der Waals surface area contributed by atoms with Crippen molar-refractivity contribution in [3.8, 4) is 0 Å². The molecule has 0 spiro atoms. The summed E-state index contributed by atoms with van der Waals surface area (Å²) in [6.45, 7) is 2.04. The highest BCUT2D eigenvalue weighted by atomic mass is 35.5. The highest BCUT2D eigenvalue weighted by Gasteiger charge is 1.93. The van der Waals surface area contributed by atoms with Gasteiger partial charge in [0.05, 0.1) is 0 Å². The Hall–Kier alpha value is 0.0600. The second kappa shape index (κ2) is 9.15. The lowest BCUT2D eigenvalue weighted by Crippen LogP contribution is -1.89. The van der Waals surface area contributed by atoms with Crippen molar-refractivity contribution in [3.05, 3.63) is 23.8 Å². The smallest absolute Gasteiger partial charge is 0.0307 e. The fourth-order valence-corrected chi connectivity index (χ4v) is 1.14. The second-order valence-corrected chi connectivity index (χ2v) is 3.81. The number of rotatable bonds is 6. The van der Waals surface area contributed by atoms with E-state index in [1.165, 1.54) is 18.4 Å². The van der Waals surface area contributed by atoms with E-state index in [0.717, 1.165) is 12.8 Å². The molecule has 0 amide bonds. The van der Waals surface area contributed by atoms with Crippen molar-refractivity contribution in [1.29, 1.82) is 0 Å². The van der Waals surface area contributed by atoms with Crippen LogP contribution in [0.2, 0.25) is 0 Å². The first-order chi connectivity index (χ1) is 5.77. The molecule has 0 radical (unpaired) electrons. The molecule has 0 aromatic carbocycles. The Morgan fingerprint density at radius 1 is 1.25 bits per heavy atom. The predicted octanol–water partition coefficient (Wildman–Crippen LogP) is 4.48. The normalized spacial score (nSPS) is 14.6. The monoisotopic (exact) mass is 206 g/mol. The van der Waals surface area contributed by atoms with Gasteiger partial charge in [0.15, 0.2) is 0 Å². The van der Waals surface area contributed by atoms with Gasteiger partial charge in [0, 0.05) is 10.9 Å². The maximum Gasteiger partial charge on any atom is 0.0307 e. The lowest BCUT2D eigenvalue weighted by molar-refractivity contribution is 0.679. The van der Waals surface area contributed by atoms with E-state index in [1.54, 1.807) is 0 Å². The molecule has 0 heterocycles. The quantitative estimate of drug-likeness (QED) is 0.342. The molecule has 0 bridgehead atoms. The molecule has 2 heteroatoms. The Morgan fingerprint density at radius 2 is 2.00 bits per heavy atom. The third-order valence-corrected chi connectivity index (χ3v) is 1.91. The first-order valence-corrected chi connectivity index (χ1v) is 5.20. The summed E-state index contributed by atoms with van der Waals surface area (Å²) in [5.41, 5.74) is 1.51. The summed E-state index contributed by atoms with van der Waals surface area (Å²) in [5, 5.41) is 0.316. The maximum atomic E-state index is 5.79. The summed E-state index contributed by atoms with van der Waals surface area (Å²) in [4.78, 5) is 0. The van der Waals surface area contributed by atoms with Gasteiger partial charge in [0.25, 0.3) is 0 Å². The lowest BCUT2D eigenvalue weighted by atomic mass is 10.1. The summed E-state index contributed by atoms with van der Waals surface area (Å²) in [6.07, 6.45) is 10.6. The van der Waals surface area contributed by atoms with Crippen LogP contribution in [0.25, 0.3) is 0 Å². The van der Waals surface area contributed by atoms with E-state index >= 15 is 0 Å². The molecule has 0 saturated carbocycles. The first kappa shape index (κ1) is 12.1. The van der Waals surface area contributed by atoms with Gasteiger partial charge in [-0.1, -0.05) is 36.2 Å². The van der Waals surface area contributed by atoms with Crippen LogP contribution in [-0.2, 0) is 0 Å². The van der Waals surface area contributed by atoms with Crippen molar-refractivity contribution in [1.82, 2.24) is 0 Å². The number of halogens is 2. The molecular formula is C10H16Cl2. The predicted molar refractivity (Wildman–Crippen MR) is 57.9 cm³/mol. The number of alkyl halides is 1. The molecule has 0 N–H and O–H groups in total. The Labute approximate surface area is 85.3 Å². The minimum absolute atomic E-state index is 0.316. The molecule has 70 valence electrons. The zero-order valence-electron chi connectivity index (χ0n) is 7.47. The zero-order chi connectivity index (χ0) is 9.23. The average molecular weight is 207 g/mol. The van der Waals surface area contributed by atoms with Crippen LogP contribution >= 0.6 is 23.2 Å². The van der Waals surface area contributed by atoms with Crippen LogP contribution in [0.15, 0.2) is 23.8 Å². The Kier molecular flexibility index (Phi) is 9.20. The SMILES string of the molecule is CC(Cl)CCCCC=CC=CCl. The number of unbranched alkanes of at least 4 members (excludes halogenated alkanes) is 2. The Bertz CT molecular complexity index is 137. The number of allylic oxidation sites excluding steroid dienone is 3. The fraction of sp³-hybridized carbons (Fsp3) is 0.600. The molecule has 0 nitrogen and oxygen atoms in total. The van der Waals surface area contributed by atoms with E-state index in [9.17, 15) is 0 Å².